The van der Waals surface area contributed by atoms with E-state index in [9.17, 15) is 0 Å². The lowest BCUT2D eigenvalue weighted by Crippen LogP contribution is -2.12. The summed E-state index contributed by atoms with van der Waals surface area (Å²) < 4.78 is 1.89. The highest BCUT2D eigenvalue weighted by molar-refractivity contribution is 9.10. The smallest absolute Gasteiger partial charge is 0.0931 e. The molecule has 1 nitrogen and oxygen atoms in total. The highest BCUT2D eigenvalue weighted by atomic mass is 79.9. The number of halogens is 2. The van der Waals surface area contributed by atoms with Crippen LogP contribution in [0.4, 0.5) is 0 Å². The van der Waals surface area contributed by atoms with E-state index in [0.717, 1.165) is 20.8 Å². The first-order valence-corrected chi connectivity index (χ1v) is 7.30. The zero-order valence-corrected chi connectivity index (χ0v) is 12.6. The normalized spacial score (nSPS) is 12.7. The Balaban J connectivity index is 2.16. The van der Waals surface area contributed by atoms with E-state index < -0.39 is 0 Å². The Hall–Kier alpha value is -0.350. The summed E-state index contributed by atoms with van der Waals surface area (Å²) in [5.41, 5.74) is 8.59. The average molecular weight is 331 g/mol. The number of rotatable bonds is 3. The lowest BCUT2D eigenvalue weighted by atomic mass is 10.0. The summed E-state index contributed by atoms with van der Waals surface area (Å²) in [6, 6.07) is 10.3. The van der Waals surface area contributed by atoms with Gasteiger partial charge in [-0.05, 0) is 42.3 Å². The Labute approximate surface area is 119 Å². The summed E-state index contributed by atoms with van der Waals surface area (Å²) in [4.78, 5) is 1.22. The topological polar surface area (TPSA) is 26.0 Å². The third-order valence-corrected chi connectivity index (χ3v) is 4.25. The van der Waals surface area contributed by atoms with Crippen molar-refractivity contribution >= 4 is 38.9 Å². The molecule has 1 atom stereocenters. The Morgan fingerprint density at radius 1 is 1.35 bits per heavy atom. The molecule has 0 bridgehead atoms. The van der Waals surface area contributed by atoms with Gasteiger partial charge in [0.15, 0.2) is 0 Å². The molecule has 0 aliphatic carbocycles. The predicted molar refractivity (Wildman–Crippen MR) is 78.8 cm³/mol. The Morgan fingerprint density at radius 3 is 2.71 bits per heavy atom. The van der Waals surface area contributed by atoms with Crippen molar-refractivity contribution in [2.75, 3.05) is 0 Å². The van der Waals surface area contributed by atoms with Crippen LogP contribution in [0, 0.1) is 6.92 Å². The molecule has 2 rings (SSSR count). The van der Waals surface area contributed by atoms with Gasteiger partial charge in [-0.25, -0.2) is 0 Å². The van der Waals surface area contributed by atoms with E-state index in [2.05, 4.69) is 41.1 Å². The Morgan fingerprint density at radius 2 is 2.12 bits per heavy atom. The van der Waals surface area contributed by atoms with Crippen molar-refractivity contribution in [1.82, 2.24) is 0 Å². The van der Waals surface area contributed by atoms with Crippen LogP contribution in [-0.4, -0.2) is 0 Å². The molecule has 0 fully saturated rings. The van der Waals surface area contributed by atoms with Gasteiger partial charge in [0.05, 0.1) is 4.34 Å². The van der Waals surface area contributed by atoms with Gasteiger partial charge >= 0.3 is 0 Å². The molecular formula is C13H13BrClNS. The molecular weight excluding hydrogens is 318 g/mol. The second kappa shape index (κ2) is 5.53. The van der Waals surface area contributed by atoms with Gasteiger partial charge in [-0.3, -0.25) is 0 Å². The maximum absolute atomic E-state index is 6.22. The number of hydrogen-bond acceptors (Lipinski definition) is 2. The molecule has 0 saturated heterocycles. The minimum Gasteiger partial charge on any atom is -0.324 e. The van der Waals surface area contributed by atoms with Crippen molar-refractivity contribution in [2.45, 2.75) is 19.4 Å². The van der Waals surface area contributed by atoms with E-state index in [1.165, 1.54) is 10.4 Å². The van der Waals surface area contributed by atoms with Crippen molar-refractivity contribution in [3.63, 3.8) is 0 Å². The van der Waals surface area contributed by atoms with E-state index in [1.807, 2.05) is 12.1 Å². The standard InChI is InChI=1S/C13H13BrClNS/c1-8-4-9(6-10(14)5-8)12(16)7-11-2-3-13(15)17-11/h2-6,12H,7,16H2,1H3. The Kier molecular flexibility index (Phi) is 4.26. The molecule has 1 heterocycles. The van der Waals surface area contributed by atoms with Gasteiger partial charge < -0.3 is 5.73 Å². The molecule has 2 N–H and O–H groups in total. The van der Waals surface area contributed by atoms with Crippen LogP contribution >= 0.6 is 38.9 Å². The summed E-state index contributed by atoms with van der Waals surface area (Å²) in [5.74, 6) is 0. The second-order valence-electron chi connectivity index (χ2n) is 4.08. The maximum Gasteiger partial charge on any atom is 0.0931 e. The minimum absolute atomic E-state index is 0.0147. The third kappa shape index (κ3) is 3.55. The molecule has 0 spiro atoms. The van der Waals surface area contributed by atoms with Crippen molar-refractivity contribution in [3.05, 3.63) is 55.1 Å². The molecule has 0 radical (unpaired) electrons. The Bertz CT molecular complexity index is 504. The average Bonchev–Trinajstić information content (AvgIpc) is 2.62. The first kappa shape index (κ1) is 13.1. The van der Waals surface area contributed by atoms with Gasteiger partial charge in [-0.1, -0.05) is 33.6 Å². The van der Waals surface area contributed by atoms with E-state index >= 15 is 0 Å². The van der Waals surface area contributed by atoms with Crippen molar-refractivity contribution in [3.8, 4) is 0 Å². The molecule has 17 heavy (non-hydrogen) atoms. The van der Waals surface area contributed by atoms with Crippen LogP contribution in [0.25, 0.3) is 0 Å². The fourth-order valence-electron chi connectivity index (χ4n) is 1.77. The lowest BCUT2D eigenvalue weighted by molar-refractivity contribution is 0.729. The highest BCUT2D eigenvalue weighted by Crippen LogP contribution is 2.27. The molecule has 0 aliphatic rings. The molecule has 1 aromatic heterocycles. The molecule has 1 unspecified atom stereocenters. The minimum atomic E-state index is 0.0147. The summed E-state index contributed by atoms with van der Waals surface area (Å²) in [6.45, 7) is 2.07. The number of benzene rings is 1. The monoisotopic (exact) mass is 329 g/mol. The number of nitrogens with two attached hydrogens (primary N) is 1. The number of thiophene rings is 1. The van der Waals surface area contributed by atoms with Gasteiger partial charge in [0.2, 0.25) is 0 Å². The zero-order chi connectivity index (χ0) is 12.4. The third-order valence-electron chi connectivity index (χ3n) is 2.54. The molecule has 2 aromatic rings. The van der Waals surface area contributed by atoms with Crippen molar-refractivity contribution in [2.24, 2.45) is 5.73 Å². The summed E-state index contributed by atoms with van der Waals surface area (Å²) in [6.07, 6.45) is 0.827. The highest BCUT2D eigenvalue weighted by Gasteiger charge is 2.10. The molecule has 90 valence electrons. The zero-order valence-electron chi connectivity index (χ0n) is 9.41. The van der Waals surface area contributed by atoms with Crippen molar-refractivity contribution < 1.29 is 0 Å². The molecule has 0 saturated carbocycles. The van der Waals surface area contributed by atoms with Gasteiger partial charge in [0, 0.05) is 21.8 Å². The van der Waals surface area contributed by atoms with E-state index in [1.54, 1.807) is 11.3 Å². The quantitative estimate of drug-likeness (QED) is 0.866. The predicted octanol–water partition coefficient (Wildman–Crippen LogP) is 4.71. The van der Waals surface area contributed by atoms with Crippen LogP contribution in [0.5, 0.6) is 0 Å². The van der Waals surface area contributed by atoms with Crippen LogP contribution in [-0.2, 0) is 6.42 Å². The van der Waals surface area contributed by atoms with Crippen LogP contribution in [0.15, 0.2) is 34.8 Å². The second-order valence-corrected chi connectivity index (χ2v) is 6.79. The van der Waals surface area contributed by atoms with Gasteiger partial charge in [-0.2, -0.15) is 0 Å². The SMILES string of the molecule is Cc1cc(Br)cc(C(N)Cc2ccc(Cl)s2)c1. The van der Waals surface area contributed by atoms with E-state index in [4.69, 9.17) is 17.3 Å². The number of aryl methyl sites for hydroxylation is 1. The van der Waals surface area contributed by atoms with Gasteiger partial charge in [0.1, 0.15) is 0 Å². The fourth-order valence-corrected chi connectivity index (χ4v) is 3.55. The largest absolute Gasteiger partial charge is 0.324 e. The summed E-state index contributed by atoms with van der Waals surface area (Å²) in [7, 11) is 0. The first-order valence-electron chi connectivity index (χ1n) is 5.31. The lowest BCUT2D eigenvalue weighted by Gasteiger charge is -2.12. The van der Waals surface area contributed by atoms with Gasteiger partial charge in [-0.15, -0.1) is 11.3 Å². The molecule has 4 heteroatoms. The molecule has 0 amide bonds. The van der Waals surface area contributed by atoms with Gasteiger partial charge in [0.25, 0.3) is 0 Å². The summed E-state index contributed by atoms with van der Waals surface area (Å²) in [5, 5.41) is 0. The van der Waals surface area contributed by atoms with Crippen LogP contribution < -0.4 is 5.73 Å². The number of hydrogen-bond donors (Lipinski definition) is 1. The van der Waals surface area contributed by atoms with E-state index in [0.29, 0.717) is 0 Å². The van der Waals surface area contributed by atoms with Crippen molar-refractivity contribution in [1.29, 1.82) is 0 Å². The van der Waals surface area contributed by atoms with Crippen LogP contribution in [0.3, 0.4) is 0 Å². The van der Waals surface area contributed by atoms with E-state index in [-0.39, 0.29) is 6.04 Å². The fraction of sp³-hybridized carbons (Fsp3) is 0.231. The van der Waals surface area contributed by atoms with Crippen LogP contribution in [0.1, 0.15) is 22.0 Å². The molecule has 1 aromatic carbocycles. The van der Waals surface area contributed by atoms with Crippen LogP contribution in [0.2, 0.25) is 4.34 Å². The first-order chi connectivity index (χ1) is 8.04. The summed E-state index contributed by atoms with van der Waals surface area (Å²) >= 11 is 11.0. The maximum atomic E-state index is 6.22. The molecule has 0 aliphatic heterocycles.